The van der Waals surface area contributed by atoms with Gasteiger partial charge in [0.05, 0.1) is 12.1 Å². The summed E-state index contributed by atoms with van der Waals surface area (Å²) in [4.78, 5) is 14.0. The Labute approximate surface area is 117 Å². The second-order valence-corrected chi connectivity index (χ2v) is 6.24. The van der Waals surface area contributed by atoms with Gasteiger partial charge >= 0.3 is 0 Å². The van der Waals surface area contributed by atoms with E-state index in [0.717, 1.165) is 19.3 Å². The summed E-state index contributed by atoms with van der Waals surface area (Å²) < 4.78 is 0. The molecular formula is C15H14N4O. The van der Waals surface area contributed by atoms with Gasteiger partial charge in [0, 0.05) is 12.0 Å². The molecule has 2 heterocycles. The molecule has 0 aromatic rings. The average Bonchev–Trinajstić information content (AvgIpc) is 3.10. The molecule has 1 saturated heterocycles. The van der Waals surface area contributed by atoms with Crippen molar-refractivity contribution in [2.45, 2.75) is 31.7 Å². The minimum absolute atomic E-state index is 0.00590. The van der Waals surface area contributed by atoms with Crippen molar-refractivity contribution in [2.75, 3.05) is 0 Å². The SMILES string of the molecule is N#C[C@H]1C(=O)N2C(=N)[C@@]1(C#N)CC=C1[C@H]3[C@@H]1CCC[C@H]32. The van der Waals surface area contributed by atoms with Crippen LogP contribution >= 0.6 is 0 Å². The maximum Gasteiger partial charge on any atom is 0.247 e. The number of carbonyl (C=O) groups is 1. The lowest BCUT2D eigenvalue weighted by molar-refractivity contribution is -0.130. The Hall–Kier alpha value is -2.14. The first-order valence-corrected chi connectivity index (χ1v) is 7.08. The van der Waals surface area contributed by atoms with Crippen LogP contribution in [0, 0.1) is 51.2 Å². The van der Waals surface area contributed by atoms with Gasteiger partial charge in [0.25, 0.3) is 0 Å². The molecule has 3 fully saturated rings. The molecule has 2 bridgehead atoms. The zero-order valence-corrected chi connectivity index (χ0v) is 11.0. The number of nitriles is 2. The lowest BCUT2D eigenvalue weighted by Gasteiger charge is -2.32. The van der Waals surface area contributed by atoms with Gasteiger partial charge in [-0.1, -0.05) is 18.1 Å². The smallest absolute Gasteiger partial charge is 0.247 e. The van der Waals surface area contributed by atoms with Crippen LogP contribution < -0.4 is 0 Å². The van der Waals surface area contributed by atoms with Gasteiger partial charge in [0.1, 0.15) is 11.3 Å². The molecule has 2 saturated carbocycles. The number of hydrogen-bond acceptors (Lipinski definition) is 4. The largest absolute Gasteiger partial charge is 0.294 e. The van der Waals surface area contributed by atoms with Crippen molar-refractivity contribution < 1.29 is 4.79 Å². The molecule has 100 valence electrons. The molecule has 0 unspecified atom stereocenters. The van der Waals surface area contributed by atoms with Crippen LogP contribution in [0.2, 0.25) is 0 Å². The molecule has 20 heavy (non-hydrogen) atoms. The minimum Gasteiger partial charge on any atom is -0.294 e. The van der Waals surface area contributed by atoms with Crippen molar-refractivity contribution >= 4 is 11.7 Å². The number of rotatable bonds is 0. The predicted octanol–water partition coefficient (Wildman–Crippen LogP) is 1.58. The van der Waals surface area contributed by atoms with Gasteiger partial charge in [-0.05, 0) is 25.2 Å². The van der Waals surface area contributed by atoms with Gasteiger partial charge in [-0.25, -0.2) is 0 Å². The Morgan fingerprint density at radius 3 is 2.90 bits per heavy atom. The van der Waals surface area contributed by atoms with Crippen LogP contribution in [-0.4, -0.2) is 22.7 Å². The van der Waals surface area contributed by atoms with Crippen LogP contribution in [0.1, 0.15) is 25.7 Å². The van der Waals surface area contributed by atoms with Crippen molar-refractivity contribution in [3.63, 3.8) is 0 Å². The highest BCUT2D eigenvalue weighted by Gasteiger charge is 2.64. The molecule has 5 heteroatoms. The third-order valence-electron chi connectivity index (χ3n) is 5.53. The highest BCUT2D eigenvalue weighted by atomic mass is 16.2. The molecule has 4 aliphatic rings. The van der Waals surface area contributed by atoms with Gasteiger partial charge < -0.3 is 0 Å². The van der Waals surface area contributed by atoms with E-state index in [1.54, 1.807) is 0 Å². The maximum atomic E-state index is 12.6. The van der Waals surface area contributed by atoms with Crippen molar-refractivity contribution in [2.24, 2.45) is 23.2 Å². The Morgan fingerprint density at radius 1 is 1.40 bits per heavy atom. The summed E-state index contributed by atoms with van der Waals surface area (Å²) in [5.74, 6) is -0.363. The Kier molecular flexibility index (Phi) is 2.04. The zero-order chi connectivity index (χ0) is 14.1. The van der Waals surface area contributed by atoms with E-state index in [-0.39, 0.29) is 17.8 Å². The quantitative estimate of drug-likeness (QED) is 0.675. The van der Waals surface area contributed by atoms with E-state index in [9.17, 15) is 15.3 Å². The summed E-state index contributed by atoms with van der Waals surface area (Å²) in [5, 5.41) is 27.2. The lowest BCUT2D eigenvalue weighted by Crippen LogP contribution is -2.44. The maximum absolute atomic E-state index is 12.6. The van der Waals surface area contributed by atoms with Crippen molar-refractivity contribution in [1.29, 1.82) is 15.9 Å². The second kappa shape index (κ2) is 3.49. The Balaban J connectivity index is 1.90. The normalized spacial score (nSPS) is 44.7. The molecule has 1 N–H and O–H groups in total. The van der Waals surface area contributed by atoms with Crippen LogP contribution in [0.15, 0.2) is 11.6 Å². The van der Waals surface area contributed by atoms with E-state index >= 15 is 0 Å². The van der Waals surface area contributed by atoms with Gasteiger partial charge in [0.15, 0.2) is 5.92 Å². The van der Waals surface area contributed by atoms with Crippen LogP contribution in [0.25, 0.3) is 0 Å². The first kappa shape index (κ1) is 11.7. The molecule has 2 aliphatic carbocycles. The summed E-state index contributed by atoms with van der Waals surface area (Å²) >= 11 is 0. The Bertz CT molecular complexity index is 652. The fraction of sp³-hybridized carbons (Fsp3) is 0.600. The highest BCUT2D eigenvalue weighted by molar-refractivity contribution is 6.12. The van der Waals surface area contributed by atoms with E-state index in [1.165, 1.54) is 10.5 Å². The van der Waals surface area contributed by atoms with Crippen LogP contribution in [0.5, 0.6) is 0 Å². The topological polar surface area (TPSA) is 91.7 Å². The zero-order valence-electron chi connectivity index (χ0n) is 11.0. The van der Waals surface area contributed by atoms with Gasteiger partial charge in [-0.3, -0.25) is 15.1 Å². The minimum atomic E-state index is -1.26. The molecule has 0 aromatic carbocycles. The summed E-state index contributed by atoms with van der Waals surface area (Å²) in [7, 11) is 0. The third kappa shape index (κ3) is 1.08. The number of nitrogens with one attached hydrogen (secondary N) is 1. The molecule has 0 aromatic heterocycles. The van der Waals surface area contributed by atoms with Crippen molar-refractivity contribution in [3.8, 4) is 12.1 Å². The van der Waals surface area contributed by atoms with Gasteiger partial charge in [-0.2, -0.15) is 10.5 Å². The predicted molar refractivity (Wildman–Crippen MR) is 69.0 cm³/mol. The third-order valence-corrected chi connectivity index (χ3v) is 5.53. The standard InChI is InChI=1S/C15H14N4O/c16-6-10-13(20)19-11-3-1-2-8-9(12(8)11)4-5-15(10,7-17)14(19)18/h4,8,10-12,18H,1-3,5H2/t8-,10+,11-,12-,15-/m1/s1. The summed E-state index contributed by atoms with van der Waals surface area (Å²) in [5.41, 5.74) is 0.0931. The number of allylic oxidation sites excluding steroid dienone is 1. The first-order valence-electron chi connectivity index (χ1n) is 7.08. The van der Waals surface area contributed by atoms with E-state index in [0.29, 0.717) is 18.3 Å². The molecule has 1 amide bonds. The number of amides is 1. The number of fused-ring (bicyclic) bond motifs is 4. The summed E-state index contributed by atoms with van der Waals surface area (Å²) in [6, 6.07) is 4.11. The van der Waals surface area contributed by atoms with Crippen LogP contribution in [0.4, 0.5) is 0 Å². The number of amidine groups is 1. The number of hydrogen-bond donors (Lipinski definition) is 1. The van der Waals surface area contributed by atoms with E-state index < -0.39 is 11.3 Å². The van der Waals surface area contributed by atoms with Crippen molar-refractivity contribution in [1.82, 2.24) is 4.90 Å². The fourth-order valence-corrected chi connectivity index (χ4v) is 4.47. The molecular weight excluding hydrogens is 252 g/mol. The summed E-state index contributed by atoms with van der Waals surface area (Å²) in [6.45, 7) is 0. The van der Waals surface area contributed by atoms with Crippen LogP contribution in [-0.2, 0) is 4.79 Å². The fourth-order valence-electron chi connectivity index (χ4n) is 4.47. The summed E-state index contributed by atoms with van der Waals surface area (Å²) in [6.07, 6.45) is 5.47. The average molecular weight is 266 g/mol. The van der Waals surface area contributed by atoms with E-state index in [2.05, 4.69) is 6.07 Å². The molecule has 0 radical (unpaired) electrons. The van der Waals surface area contributed by atoms with Crippen LogP contribution in [0.3, 0.4) is 0 Å². The molecule has 5 atom stereocenters. The lowest BCUT2D eigenvalue weighted by atomic mass is 9.75. The molecule has 5 nitrogen and oxygen atoms in total. The van der Waals surface area contributed by atoms with Gasteiger partial charge in [-0.15, -0.1) is 0 Å². The highest BCUT2D eigenvalue weighted by Crippen LogP contribution is 2.60. The second-order valence-electron chi connectivity index (χ2n) is 6.24. The van der Waals surface area contributed by atoms with E-state index in [1.807, 2.05) is 12.1 Å². The monoisotopic (exact) mass is 266 g/mol. The van der Waals surface area contributed by atoms with Crippen molar-refractivity contribution in [3.05, 3.63) is 11.6 Å². The molecule has 4 rings (SSSR count). The molecule has 2 aliphatic heterocycles. The van der Waals surface area contributed by atoms with E-state index in [4.69, 9.17) is 5.41 Å². The first-order chi connectivity index (χ1) is 9.65. The Morgan fingerprint density at radius 2 is 2.20 bits per heavy atom. The molecule has 0 spiro atoms. The number of nitrogens with zero attached hydrogens (tertiary/aromatic N) is 3. The van der Waals surface area contributed by atoms with Gasteiger partial charge in [0.2, 0.25) is 5.91 Å². The number of carbonyl (C=O) groups excluding carboxylic acids is 1.